The lowest BCUT2D eigenvalue weighted by Crippen LogP contribution is -2.22. The van der Waals surface area contributed by atoms with Crippen molar-refractivity contribution in [1.82, 2.24) is 14.9 Å². The van der Waals surface area contributed by atoms with Gasteiger partial charge in [-0.1, -0.05) is 12.1 Å². The topological polar surface area (TPSA) is 46.9 Å². The van der Waals surface area contributed by atoms with E-state index in [9.17, 15) is 4.79 Å². The molecular weight excluding hydrogens is 294 g/mol. The van der Waals surface area contributed by atoms with Gasteiger partial charge in [-0.3, -0.25) is 4.79 Å². The van der Waals surface area contributed by atoms with Crippen LogP contribution in [0.4, 0.5) is 0 Å². The molecule has 0 fully saturated rings. The maximum Gasteiger partial charge on any atom is 0.251 e. The van der Waals surface area contributed by atoms with Gasteiger partial charge in [0.1, 0.15) is 0 Å². The normalized spacial score (nSPS) is 10.6. The van der Waals surface area contributed by atoms with E-state index in [0.29, 0.717) is 12.1 Å². The van der Waals surface area contributed by atoms with Gasteiger partial charge in [-0.2, -0.15) is 0 Å². The number of carbonyl (C=O) groups is 1. The largest absolute Gasteiger partial charge is 0.347 e. The van der Waals surface area contributed by atoms with Crippen molar-refractivity contribution in [3.63, 3.8) is 0 Å². The third-order valence-corrected chi connectivity index (χ3v) is 4.36. The van der Waals surface area contributed by atoms with Crippen LogP contribution in [0.25, 0.3) is 0 Å². The number of amides is 1. The molecule has 0 bridgehead atoms. The fraction of sp³-hybridized carbons (Fsp3) is 0.176. The number of rotatable bonds is 5. The molecule has 0 spiro atoms. The van der Waals surface area contributed by atoms with Gasteiger partial charge >= 0.3 is 0 Å². The van der Waals surface area contributed by atoms with Crippen molar-refractivity contribution in [2.24, 2.45) is 0 Å². The van der Waals surface area contributed by atoms with E-state index < -0.39 is 0 Å². The predicted octanol–water partition coefficient (Wildman–Crippen LogP) is 3.23. The van der Waals surface area contributed by atoms with Gasteiger partial charge in [-0.15, -0.1) is 11.3 Å². The van der Waals surface area contributed by atoms with Crippen LogP contribution in [0.2, 0.25) is 0 Å². The van der Waals surface area contributed by atoms with Crippen LogP contribution < -0.4 is 5.32 Å². The number of hydrogen-bond acceptors (Lipinski definition) is 3. The van der Waals surface area contributed by atoms with Crippen LogP contribution in [0.3, 0.4) is 0 Å². The van der Waals surface area contributed by atoms with Crippen molar-refractivity contribution in [3.8, 4) is 0 Å². The minimum atomic E-state index is -0.0415. The molecule has 0 radical (unpaired) electrons. The highest BCUT2D eigenvalue weighted by Gasteiger charge is 2.06. The second kappa shape index (κ2) is 6.58. The third-order valence-electron chi connectivity index (χ3n) is 3.36. The first-order valence-corrected chi connectivity index (χ1v) is 7.90. The van der Waals surface area contributed by atoms with Crippen molar-refractivity contribution in [1.29, 1.82) is 0 Å². The van der Waals surface area contributed by atoms with Crippen LogP contribution in [-0.2, 0) is 13.1 Å². The number of thiophene rings is 1. The number of imidazole rings is 1. The van der Waals surface area contributed by atoms with Crippen LogP contribution in [-0.4, -0.2) is 15.5 Å². The minimum absolute atomic E-state index is 0.0415. The molecule has 2 heterocycles. The SMILES string of the molecule is Cc1ccc(CNC(=O)c2ccc(Cn3ccnc3)cc2)s1. The molecule has 3 rings (SSSR count). The van der Waals surface area contributed by atoms with E-state index in [1.54, 1.807) is 23.9 Å². The Morgan fingerprint density at radius 3 is 2.68 bits per heavy atom. The van der Waals surface area contributed by atoms with Crippen LogP contribution >= 0.6 is 11.3 Å². The van der Waals surface area contributed by atoms with Crippen LogP contribution in [0.5, 0.6) is 0 Å². The Labute approximate surface area is 133 Å². The molecule has 22 heavy (non-hydrogen) atoms. The summed E-state index contributed by atoms with van der Waals surface area (Å²) < 4.78 is 1.99. The van der Waals surface area contributed by atoms with E-state index >= 15 is 0 Å². The third kappa shape index (κ3) is 3.62. The van der Waals surface area contributed by atoms with E-state index in [4.69, 9.17) is 0 Å². The molecule has 0 aliphatic heterocycles. The fourth-order valence-corrected chi connectivity index (χ4v) is 3.03. The Bertz CT molecular complexity index is 745. The molecule has 112 valence electrons. The second-order valence-electron chi connectivity index (χ2n) is 5.13. The number of nitrogens with one attached hydrogen (secondary N) is 1. The molecule has 1 amide bonds. The standard InChI is InChI=1S/C17H17N3OS/c1-13-2-7-16(22-13)10-19-17(21)15-5-3-14(4-6-15)11-20-9-8-18-12-20/h2-9,12H,10-11H2,1H3,(H,19,21). The average Bonchev–Trinajstić information content (AvgIpc) is 3.17. The predicted molar refractivity (Wildman–Crippen MR) is 88.0 cm³/mol. The Morgan fingerprint density at radius 2 is 2.05 bits per heavy atom. The molecular formula is C17H17N3OS. The Balaban J connectivity index is 1.58. The zero-order valence-corrected chi connectivity index (χ0v) is 13.1. The Hall–Kier alpha value is -2.40. The maximum absolute atomic E-state index is 12.1. The van der Waals surface area contributed by atoms with Crippen molar-refractivity contribution in [2.45, 2.75) is 20.0 Å². The summed E-state index contributed by atoms with van der Waals surface area (Å²) in [5, 5.41) is 2.95. The van der Waals surface area contributed by atoms with Gasteiger partial charge in [0.25, 0.3) is 5.91 Å². The Morgan fingerprint density at radius 1 is 1.23 bits per heavy atom. The van der Waals surface area contributed by atoms with Crippen molar-refractivity contribution in [2.75, 3.05) is 0 Å². The van der Waals surface area contributed by atoms with Crippen molar-refractivity contribution >= 4 is 17.2 Å². The number of aryl methyl sites for hydroxylation is 1. The van der Waals surface area contributed by atoms with Crippen LogP contribution in [0.15, 0.2) is 55.1 Å². The van der Waals surface area contributed by atoms with Gasteiger partial charge in [0, 0.05) is 34.3 Å². The van der Waals surface area contributed by atoms with E-state index in [1.807, 2.05) is 35.0 Å². The molecule has 0 atom stereocenters. The summed E-state index contributed by atoms with van der Waals surface area (Å²) in [5.74, 6) is -0.0415. The van der Waals surface area contributed by atoms with Gasteiger partial charge < -0.3 is 9.88 Å². The lowest BCUT2D eigenvalue weighted by Gasteiger charge is -2.06. The molecule has 1 aromatic carbocycles. The number of benzene rings is 1. The summed E-state index contributed by atoms with van der Waals surface area (Å²) in [4.78, 5) is 18.6. The lowest BCUT2D eigenvalue weighted by molar-refractivity contribution is 0.0951. The smallest absolute Gasteiger partial charge is 0.251 e. The molecule has 0 saturated carbocycles. The monoisotopic (exact) mass is 311 g/mol. The average molecular weight is 311 g/mol. The molecule has 5 heteroatoms. The number of nitrogens with zero attached hydrogens (tertiary/aromatic N) is 2. The van der Waals surface area contributed by atoms with E-state index in [0.717, 1.165) is 12.1 Å². The molecule has 0 saturated heterocycles. The van der Waals surface area contributed by atoms with Crippen LogP contribution in [0, 0.1) is 6.92 Å². The highest BCUT2D eigenvalue weighted by atomic mass is 32.1. The van der Waals surface area contributed by atoms with Gasteiger partial charge in [-0.05, 0) is 36.8 Å². The first kappa shape index (κ1) is 14.5. The number of aromatic nitrogens is 2. The summed E-state index contributed by atoms with van der Waals surface area (Å²) in [6, 6.07) is 11.8. The van der Waals surface area contributed by atoms with E-state index in [-0.39, 0.29) is 5.91 Å². The number of carbonyl (C=O) groups excluding carboxylic acids is 1. The highest BCUT2D eigenvalue weighted by molar-refractivity contribution is 7.11. The highest BCUT2D eigenvalue weighted by Crippen LogP contribution is 2.14. The van der Waals surface area contributed by atoms with Gasteiger partial charge in [0.15, 0.2) is 0 Å². The number of hydrogen-bond donors (Lipinski definition) is 1. The second-order valence-corrected chi connectivity index (χ2v) is 6.50. The maximum atomic E-state index is 12.1. The van der Waals surface area contributed by atoms with E-state index in [2.05, 4.69) is 29.4 Å². The first-order valence-electron chi connectivity index (χ1n) is 7.09. The summed E-state index contributed by atoms with van der Waals surface area (Å²) in [6.45, 7) is 3.40. The summed E-state index contributed by atoms with van der Waals surface area (Å²) in [5.41, 5.74) is 1.83. The molecule has 3 aromatic rings. The lowest BCUT2D eigenvalue weighted by atomic mass is 10.1. The summed E-state index contributed by atoms with van der Waals surface area (Å²) >= 11 is 1.71. The molecule has 0 unspecified atom stereocenters. The van der Waals surface area contributed by atoms with Crippen LogP contribution in [0.1, 0.15) is 25.7 Å². The fourth-order valence-electron chi connectivity index (χ4n) is 2.20. The van der Waals surface area contributed by atoms with Crippen molar-refractivity contribution in [3.05, 3.63) is 76.0 Å². The minimum Gasteiger partial charge on any atom is -0.347 e. The summed E-state index contributed by atoms with van der Waals surface area (Å²) in [6.07, 6.45) is 5.46. The van der Waals surface area contributed by atoms with Gasteiger partial charge in [0.2, 0.25) is 0 Å². The molecule has 0 aliphatic carbocycles. The summed E-state index contributed by atoms with van der Waals surface area (Å²) in [7, 11) is 0. The zero-order valence-electron chi connectivity index (χ0n) is 12.3. The van der Waals surface area contributed by atoms with E-state index in [1.165, 1.54) is 9.75 Å². The Kier molecular flexibility index (Phi) is 4.34. The first-order chi connectivity index (χ1) is 10.7. The molecule has 0 aliphatic rings. The quantitative estimate of drug-likeness (QED) is 0.786. The molecule has 2 aromatic heterocycles. The van der Waals surface area contributed by atoms with Crippen molar-refractivity contribution < 1.29 is 4.79 Å². The van der Waals surface area contributed by atoms with Gasteiger partial charge in [0.05, 0.1) is 12.9 Å². The van der Waals surface area contributed by atoms with Gasteiger partial charge in [-0.25, -0.2) is 4.98 Å². The zero-order chi connectivity index (χ0) is 15.4. The molecule has 4 nitrogen and oxygen atoms in total. The molecule has 1 N–H and O–H groups in total.